The first-order valence-electron chi connectivity index (χ1n) is 16.0. The average molecular weight is 611 g/mol. The van der Waals surface area contributed by atoms with E-state index in [4.69, 9.17) is 25.4 Å². The highest BCUT2D eigenvalue weighted by molar-refractivity contribution is 5.70. The largest absolute Gasteiger partial charge is 0.397 e. The van der Waals surface area contributed by atoms with Crippen molar-refractivity contribution >= 4 is 17.2 Å². The number of anilines is 3. The lowest BCUT2D eigenvalue weighted by Crippen LogP contribution is -2.47. The van der Waals surface area contributed by atoms with Gasteiger partial charge in [-0.15, -0.1) is 0 Å². The fraction of sp³-hybridized carbons (Fsp3) is 0.839. The zero-order chi connectivity index (χ0) is 30.0. The van der Waals surface area contributed by atoms with Gasteiger partial charge in [0.25, 0.3) is 0 Å². The predicted molar refractivity (Wildman–Crippen MR) is 177 cm³/mol. The molecule has 4 N–H and O–H groups in total. The van der Waals surface area contributed by atoms with E-state index in [1.807, 2.05) is 6.07 Å². The molecule has 0 amide bonds. The van der Waals surface area contributed by atoms with Gasteiger partial charge in [-0.2, -0.15) is 0 Å². The number of hydrogen-bond acceptors (Lipinski definition) is 12. The van der Waals surface area contributed by atoms with Crippen molar-refractivity contribution in [2.24, 2.45) is 0 Å². The topological polar surface area (TPSA) is 117 Å². The highest BCUT2D eigenvalue weighted by atomic mass is 16.5. The van der Waals surface area contributed by atoms with Crippen LogP contribution in [0.3, 0.4) is 0 Å². The van der Waals surface area contributed by atoms with Crippen molar-refractivity contribution in [3.05, 3.63) is 12.3 Å². The van der Waals surface area contributed by atoms with Crippen LogP contribution in [0.1, 0.15) is 27.2 Å². The van der Waals surface area contributed by atoms with Crippen LogP contribution < -0.4 is 15.5 Å². The lowest BCUT2D eigenvalue weighted by atomic mass is 10.3. The summed E-state index contributed by atoms with van der Waals surface area (Å²) in [5.74, 6) is 0.913. The van der Waals surface area contributed by atoms with Crippen molar-refractivity contribution in [1.29, 1.82) is 0 Å². The Morgan fingerprint density at radius 1 is 0.767 bits per heavy atom. The summed E-state index contributed by atoms with van der Waals surface area (Å²) in [4.78, 5) is 18.7. The molecule has 2 aliphatic rings. The van der Waals surface area contributed by atoms with Crippen LogP contribution in [-0.2, 0) is 9.47 Å². The zero-order valence-electron chi connectivity index (χ0n) is 26.3. The standard InChI is InChI=1S/C30H58N8O4.CH4/c1-3-38(19-25-42-23-5-7-35-10-14-37(15-11-35)17-21-40)29-26-28(31)27-32-30(29)33(2)18-24-41-22-4-6-34-8-12-36(13-9-34)16-20-39;/h26-27,39-40H,3-25,31H2,1-2H3;1H4. The van der Waals surface area contributed by atoms with E-state index in [0.29, 0.717) is 18.9 Å². The Labute approximate surface area is 261 Å². The number of nitrogen functional groups attached to an aromatic ring is 1. The molecule has 2 saturated heterocycles. The second-order valence-corrected chi connectivity index (χ2v) is 11.4. The summed E-state index contributed by atoms with van der Waals surface area (Å²) in [5.41, 5.74) is 7.84. The summed E-state index contributed by atoms with van der Waals surface area (Å²) in [6, 6.07) is 2.01. The number of hydrogen-bond donors (Lipinski definition) is 3. The molecule has 12 nitrogen and oxygen atoms in total. The number of aromatic nitrogens is 1. The highest BCUT2D eigenvalue weighted by Gasteiger charge is 2.18. The minimum atomic E-state index is 0. The van der Waals surface area contributed by atoms with E-state index >= 15 is 0 Å². The number of likely N-dealkylation sites (N-methyl/N-ethyl adjacent to an activating group) is 2. The molecule has 3 rings (SSSR count). The maximum Gasteiger partial charge on any atom is 0.152 e. The molecule has 0 atom stereocenters. The van der Waals surface area contributed by atoms with Crippen LogP contribution >= 0.6 is 0 Å². The molecule has 2 fully saturated rings. The number of pyridine rings is 1. The van der Waals surface area contributed by atoms with E-state index in [-0.39, 0.29) is 20.6 Å². The van der Waals surface area contributed by atoms with Gasteiger partial charge in [0.2, 0.25) is 0 Å². The first-order valence-corrected chi connectivity index (χ1v) is 16.0. The zero-order valence-corrected chi connectivity index (χ0v) is 26.3. The van der Waals surface area contributed by atoms with Gasteiger partial charge in [-0.1, -0.05) is 7.43 Å². The van der Waals surface area contributed by atoms with Gasteiger partial charge in [0.1, 0.15) is 0 Å². The lowest BCUT2D eigenvalue weighted by Gasteiger charge is -2.34. The molecule has 43 heavy (non-hydrogen) atoms. The van der Waals surface area contributed by atoms with Gasteiger partial charge in [0.15, 0.2) is 5.82 Å². The van der Waals surface area contributed by atoms with Crippen LogP contribution in [-0.4, -0.2) is 180 Å². The molecule has 3 heterocycles. The Morgan fingerprint density at radius 2 is 1.23 bits per heavy atom. The minimum absolute atomic E-state index is 0. The number of aliphatic hydroxyl groups excluding tert-OH is 2. The molecule has 2 aliphatic heterocycles. The number of ether oxygens (including phenoxy) is 2. The maximum absolute atomic E-state index is 9.11. The van der Waals surface area contributed by atoms with Gasteiger partial charge >= 0.3 is 0 Å². The van der Waals surface area contributed by atoms with E-state index < -0.39 is 0 Å². The molecule has 0 unspecified atom stereocenters. The number of aliphatic hydroxyl groups is 2. The van der Waals surface area contributed by atoms with Gasteiger partial charge < -0.3 is 45.0 Å². The quantitative estimate of drug-likeness (QED) is 0.169. The Balaban J connectivity index is 0.00000645. The normalized spacial score (nSPS) is 17.2. The first-order chi connectivity index (χ1) is 20.5. The van der Waals surface area contributed by atoms with Crippen molar-refractivity contribution in [3.8, 4) is 0 Å². The fourth-order valence-electron chi connectivity index (χ4n) is 5.66. The van der Waals surface area contributed by atoms with Crippen molar-refractivity contribution < 1.29 is 19.7 Å². The molecule has 0 aromatic carbocycles. The second kappa shape index (κ2) is 21.9. The smallest absolute Gasteiger partial charge is 0.152 e. The van der Waals surface area contributed by atoms with Crippen LogP contribution in [0, 0.1) is 0 Å². The SMILES string of the molecule is C.CCN(CCOCCCN1CCN(CCO)CC1)c1cc(N)cnc1N(C)CCOCCCN1CCN(CCO)CC1. The number of nitrogens with zero attached hydrogens (tertiary/aromatic N) is 7. The third kappa shape index (κ3) is 13.8. The van der Waals surface area contributed by atoms with E-state index in [0.717, 1.165) is 136 Å². The fourth-order valence-corrected chi connectivity index (χ4v) is 5.66. The van der Waals surface area contributed by atoms with Crippen LogP contribution in [0.4, 0.5) is 17.2 Å². The molecule has 0 saturated carbocycles. The lowest BCUT2D eigenvalue weighted by molar-refractivity contribution is 0.0931. The van der Waals surface area contributed by atoms with Crippen LogP contribution in [0.5, 0.6) is 0 Å². The number of piperazine rings is 2. The van der Waals surface area contributed by atoms with Crippen molar-refractivity contribution in [2.45, 2.75) is 27.2 Å². The molecule has 250 valence electrons. The van der Waals surface area contributed by atoms with E-state index in [1.165, 1.54) is 0 Å². The molecule has 0 aliphatic carbocycles. The Morgan fingerprint density at radius 3 is 1.70 bits per heavy atom. The third-order valence-corrected chi connectivity index (χ3v) is 8.32. The van der Waals surface area contributed by atoms with Gasteiger partial charge in [0, 0.05) is 118 Å². The predicted octanol–water partition coefficient (Wildman–Crippen LogP) is 0.596. The molecule has 0 radical (unpaired) electrons. The number of β-amino-alcohol motifs (C(OH)–C–C–N with tert-alkyl or cyclic N) is 2. The molecule has 1 aromatic rings. The summed E-state index contributed by atoms with van der Waals surface area (Å²) >= 11 is 0. The second-order valence-electron chi connectivity index (χ2n) is 11.4. The van der Waals surface area contributed by atoms with E-state index in [2.05, 4.69) is 48.4 Å². The van der Waals surface area contributed by atoms with Gasteiger partial charge in [-0.3, -0.25) is 9.80 Å². The van der Waals surface area contributed by atoms with Crippen LogP contribution in [0.25, 0.3) is 0 Å². The van der Waals surface area contributed by atoms with E-state index in [9.17, 15) is 0 Å². The molecule has 1 aromatic heterocycles. The maximum atomic E-state index is 9.11. The average Bonchev–Trinajstić information content (AvgIpc) is 3.00. The summed E-state index contributed by atoms with van der Waals surface area (Å²) in [6.45, 7) is 19.9. The Kier molecular flexibility index (Phi) is 19.0. The summed E-state index contributed by atoms with van der Waals surface area (Å²) < 4.78 is 12.0. The minimum Gasteiger partial charge on any atom is -0.397 e. The summed E-state index contributed by atoms with van der Waals surface area (Å²) in [5, 5.41) is 18.2. The van der Waals surface area contributed by atoms with Crippen molar-refractivity contribution in [3.63, 3.8) is 0 Å². The van der Waals surface area contributed by atoms with E-state index in [1.54, 1.807) is 6.20 Å². The number of nitrogens with two attached hydrogens (primary N) is 1. The molecular formula is C31H62N8O4. The molecule has 0 spiro atoms. The summed E-state index contributed by atoms with van der Waals surface area (Å²) in [6.07, 6.45) is 3.78. The Bertz CT molecular complexity index is 838. The highest BCUT2D eigenvalue weighted by Crippen LogP contribution is 2.28. The van der Waals surface area contributed by atoms with Crippen molar-refractivity contribution in [1.82, 2.24) is 24.6 Å². The number of rotatable bonds is 21. The van der Waals surface area contributed by atoms with Crippen LogP contribution in [0.2, 0.25) is 0 Å². The van der Waals surface area contributed by atoms with Gasteiger partial charge in [-0.05, 0) is 25.8 Å². The third-order valence-electron chi connectivity index (χ3n) is 8.32. The van der Waals surface area contributed by atoms with Gasteiger partial charge in [0.05, 0.1) is 44.0 Å². The van der Waals surface area contributed by atoms with Gasteiger partial charge in [-0.25, -0.2) is 4.98 Å². The summed E-state index contributed by atoms with van der Waals surface area (Å²) in [7, 11) is 2.06. The molecule has 0 bridgehead atoms. The van der Waals surface area contributed by atoms with Crippen molar-refractivity contribution in [2.75, 3.05) is 160 Å². The monoisotopic (exact) mass is 610 g/mol. The van der Waals surface area contributed by atoms with Crippen LogP contribution in [0.15, 0.2) is 12.3 Å². The first kappa shape index (κ1) is 37.4. The molecular weight excluding hydrogens is 548 g/mol. The molecule has 12 heteroatoms. The Hall–Kier alpha value is -1.77.